The van der Waals surface area contributed by atoms with Crippen LogP contribution >= 0.6 is 0 Å². The summed E-state index contributed by atoms with van der Waals surface area (Å²) >= 11 is 0. The molecule has 0 spiro atoms. The van der Waals surface area contributed by atoms with Crippen LogP contribution in [0.4, 0.5) is 4.39 Å². The lowest BCUT2D eigenvalue weighted by molar-refractivity contribution is -0.125. The molecule has 2 aromatic carbocycles. The third kappa shape index (κ3) is 5.80. The van der Waals surface area contributed by atoms with Gasteiger partial charge in [-0.1, -0.05) is 23.4 Å². The molecule has 2 rings (SSSR count). The largest absolute Gasteiger partial charge is 0.493 e. The molecule has 0 fully saturated rings. The van der Waals surface area contributed by atoms with Crippen LogP contribution in [0.25, 0.3) is 0 Å². The number of ether oxygens (including phenoxy) is 2. The van der Waals surface area contributed by atoms with Crippen molar-refractivity contribution in [1.82, 2.24) is 5.32 Å². The van der Waals surface area contributed by atoms with E-state index in [1.807, 2.05) is 6.07 Å². The minimum Gasteiger partial charge on any atom is -0.493 e. The van der Waals surface area contributed by atoms with E-state index in [9.17, 15) is 9.18 Å². The van der Waals surface area contributed by atoms with Gasteiger partial charge in [0, 0.05) is 6.54 Å². The van der Waals surface area contributed by atoms with Gasteiger partial charge in [0.1, 0.15) is 5.82 Å². The SMILES string of the molecule is COc1ccc(CNC(=O)CO/N=C\c2cccc(F)c2)cc1OC. The smallest absolute Gasteiger partial charge is 0.261 e. The van der Waals surface area contributed by atoms with Crippen LogP contribution in [0.2, 0.25) is 0 Å². The Bertz CT molecular complexity index is 750. The van der Waals surface area contributed by atoms with Crippen LogP contribution in [0.1, 0.15) is 11.1 Å². The molecule has 1 N–H and O–H groups in total. The van der Waals surface area contributed by atoms with Gasteiger partial charge in [-0.3, -0.25) is 4.79 Å². The molecule has 0 saturated carbocycles. The molecule has 0 heterocycles. The van der Waals surface area contributed by atoms with Crippen molar-refractivity contribution in [2.45, 2.75) is 6.54 Å². The van der Waals surface area contributed by atoms with Crippen LogP contribution in [0.5, 0.6) is 11.5 Å². The highest BCUT2D eigenvalue weighted by molar-refractivity contribution is 5.79. The number of benzene rings is 2. The fraction of sp³-hybridized carbons (Fsp3) is 0.222. The summed E-state index contributed by atoms with van der Waals surface area (Å²) in [6.45, 7) is 0.0786. The minimum absolute atomic E-state index is 0.237. The van der Waals surface area contributed by atoms with Crippen molar-refractivity contribution >= 4 is 12.1 Å². The maximum atomic E-state index is 13.0. The Kier molecular flexibility index (Phi) is 6.76. The number of carbonyl (C=O) groups is 1. The molecule has 0 aliphatic rings. The predicted octanol–water partition coefficient (Wildman–Crippen LogP) is 2.51. The molecule has 7 heteroatoms. The fourth-order valence-electron chi connectivity index (χ4n) is 2.02. The Morgan fingerprint density at radius 2 is 1.96 bits per heavy atom. The Hall–Kier alpha value is -3.09. The summed E-state index contributed by atoms with van der Waals surface area (Å²) in [5.41, 5.74) is 1.40. The van der Waals surface area contributed by atoms with Gasteiger partial charge in [-0.2, -0.15) is 0 Å². The quantitative estimate of drug-likeness (QED) is 0.589. The average Bonchev–Trinajstić information content (AvgIpc) is 2.63. The van der Waals surface area contributed by atoms with Gasteiger partial charge in [-0.25, -0.2) is 4.39 Å². The van der Waals surface area contributed by atoms with Gasteiger partial charge in [-0.15, -0.1) is 0 Å². The first kappa shape index (κ1) is 18.3. The summed E-state index contributed by atoms with van der Waals surface area (Å²) in [6.07, 6.45) is 1.34. The molecule has 2 aromatic rings. The van der Waals surface area contributed by atoms with E-state index < -0.39 is 0 Å². The van der Waals surface area contributed by atoms with Crippen molar-refractivity contribution in [2.75, 3.05) is 20.8 Å². The highest BCUT2D eigenvalue weighted by Gasteiger charge is 2.06. The summed E-state index contributed by atoms with van der Waals surface area (Å²) in [5, 5.41) is 6.34. The van der Waals surface area contributed by atoms with Gasteiger partial charge in [0.05, 0.1) is 20.4 Å². The maximum absolute atomic E-state index is 13.0. The van der Waals surface area contributed by atoms with Gasteiger partial charge < -0.3 is 19.6 Å². The lowest BCUT2D eigenvalue weighted by Crippen LogP contribution is -2.26. The first-order valence-corrected chi connectivity index (χ1v) is 7.51. The second kappa shape index (κ2) is 9.27. The molecule has 0 aliphatic heterocycles. The Morgan fingerprint density at radius 1 is 1.16 bits per heavy atom. The number of hydrogen-bond acceptors (Lipinski definition) is 5. The summed E-state index contributed by atoms with van der Waals surface area (Å²) < 4.78 is 23.3. The molecule has 0 aliphatic carbocycles. The molecule has 1 amide bonds. The van der Waals surface area contributed by atoms with E-state index >= 15 is 0 Å². The summed E-state index contributed by atoms with van der Waals surface area (Å²) in [4.78, 5) is 16.6. The van der Waals surface area contributed by atoms with E-state index in [1.165, 1.54) is 18.3 Å². The van der Waals surface area contributed by atoms with Crippen LogP contribution in [-0.4, -0.2) is 32.9 Å². The zero-order valence-corrected chi connectivity index (χ0v) is 14.0. The first-order valence-electron chi connectivity index (χ1n) is 7.51. The number of methoxy groups -OCH3 is 2. The number of nitrogens with zero attached hydrogens (tertiary/aromatic N) is 1. The molecule has 0 aromatic heterocycles. The van der Waals surface area contributed by atoms with Crippen LogP contribution < -0.4 is 14.8 Å². The number of amides is 1. The number of rotatable bonds is 8. The third-order valence-electron chi connectivity index (χ3n) is 3.26. The molecular weight excluding hydrogens is 327 g/mol. The predicted molar refractivity (Wildman–Crippen MR) is 91.3 cm³/mol. The second-order valence-corrected chi connectivity index (χ2v) is 5.03. The molecule has 0 bridgehead atoms. The molecular formula is C18H19FN2O4. The lowest BCUT2D eigenvalue weighted by atomic mass is 10.2. The monoisotopic (exact) mass is 346 g/mol. The lowest BCUT2D eigenvalue weighted by Gasteiger charge is -2.10. The summed E-state index contributed by atoms with van der Waals surface area (Å²) in [5.74, 6) is 0.514. The van der Waals surface area contributed by atoms with Crippen molar-refractivity contribution in [2.24, 2.45) is 5.16 Å². The molecule has 6 nitrogen and oxygen atoms in total. The number of halogens is 1. The van der Waals surface area contributed by atoms with Gasteiger partial charge in [0.25, 0.3) is 5.91 Å². The van der Waals surface area contributed by atoms with Gasteiger partial charge in [0.15, 0.2) is 18.1 Å². The first-order chi connectivity index (χ1) is 12.1. The van der Waals surface area contributed by atoms with Crippen LogP contribution in [0, 0.1) is 5.82 Å². The average molecular weight is 346 g/mol. The van der Waals surface area contributed by atoms with Gasteiger partial charge in [-0.05, 0) is 35.4 Å². The van der Waals surface area contributed by atoms with Crippen LogP contribution in [0.3, 0.4) is 0 Å². The third-order valence-corrected chi connectivity index (χ3v) is 3.26. The van der Waals surface area contributed by atoms with Crippen molar-refractivity contribution in [3.8, 4) is 11.5 Å². The second-order valence-electron chi connectivity index (χ2n) is 5.03. The zero-order valence-electron chi connectivity index (χ0n) is 14.0. The van der Waals surface area contributed by atoms with Crippen LogP contribution in [0.15, 0.2) is 47.6 Å². The Morgan fingerprint density at radius 3 is 2.68 bits per heavy atom. The zero-order chi connectivity index (χ0) is 18.1. The summed E-state index contributed by atoms with van der Waals surface area (Å²) in [7, 11) is 3.10. The van der Waals surface area contributed by atoms with E-state index in [4.69, 9.17) is 14.3 Å². The van der Waals surface area contributed by atoms with Gasteiger partial charge >= 0.3 is 0 Å². The van der Waals surface area contributed by atoms with E-state index in [0.717, 1.165) is 5.56 Å². The fourth-order valence-corrected chi connectivity index (χ4v) is 2.02. The number of carbonyl (C=O) groups excluding carboxylic acids is 1. The van der Waals surface area contributed by atoms with E-state index in [0.29, 0.717) is 23.6 Å². The number of oxime groups is 1. The number of nitrogens with one attached hydrogen (secondary N) is 1. The van der Waals surface area contributed by atoms with Crippen LogP contribution in [-0.2, 0) is 16.2 Å². The van der Waals surface area contributed by atoms with Crippen molar-refractivity contribution in [3.05, 3.63) is 59.4 Å². The normalized spacial score (nSPS) is 10.5. The Labute approximate surface area is 145 Å². The molecule has 0 unspecified atom stereocenters. The molecule has 25 heavy (non-hydrogen) atoms. The van der Waals surface area contributed by atoms with Crippen molar-refractivity contribution < 1.29 is 23.5 Å². The molecule has 132 valence electrons. The molecule has 0 saturated heterocycles. The van der Waals surface area contributed by atoms with E-state index in [1.54, 1.807) is 38.5 Å². The number of hydrogen-bond donors (Lipinski definition) is 1. The topological polar surface area (TPSA) is 69.2 Å². The standard InChI is InChI=1S/C18H19FN2O4/c1-23-16-7-6-14(9-17(16)24-2)10-20-18(22)12-25-21-11-13-4-3-5-15(19)8-13/h3-9,11H,10,12H2,1-2H3,(H,20,22)/b21-11-. The van der Waals surface area contributed by atoms with E-state index in [2.05, 4.69) is 10.5 Å². The minimum atomic E-state index is -0.364. The molecule has 0 atom stereocenters. The van der Waals surface area contributed by atoms with Crippen molar-refractivity contribution in [3.63, 3.8) is 0 Å². The van der Waals surface area contributed by atoms with Crippen molar-refractivity contribution in [1.29, 1.82) is 0 Å². The Balaban J connectivity index is 1.77. The highest BCUT2D eigenvalue weighted by atomic mass is 19.1. The molecule has 0 radical (unpaired) electrons. The maximum Gasteiger partial charge on any atom is 0.261 e. The summed E-state index contributed by atoms with van der Waals surface area (Å²) in [6, 6.07) is 11.2. The van der Waals surface area contributed by atoms with E-state index in [-0.39, 0.29) is 18.3 Å². The highest BCUT2D eigenvalue weighted by Crippen LogP contribution is 2.27. The van der Waals surface area contributed by atoms with Gasteiger partial charge in [0.2, 0.25) is 0 Å².